The molecule has 0 unspecified atom stereocenters. The number of benzene rings is 1. The molecule has 1 rings (SSSR count). The Morgan fingerprint density at radius 1 is 1.50 bits per heavy atom. The molecule has 0 aliphatic rings. The van der Waals surface area contributed by atoms with E-state index >= 15 is 0 Å². The van der Waals surface area contributed by atoms with Crippen LogP contribution in [0.5, 0.6) is 0 Å². The number of nitriles is 1. The van der Waals surface area contributed by atoms with Gasteiger partial charge in [-0.2, -0.15) is 5.26 Å². The number of ketones is 1. The molecule has 0 bridgehead atoms. The molecule has 0 aromatic heterocycles. The maximum atomic E-state index is 11.5. The molecule has 0 saturated carbocycles. The second kappa shape index (κ2) is 4.57. The highest BCUT2D eigenvalue weighted by molar-refractivity contribution is 5.97. The van der Waals surface area contributed by atoms with Gasteiger partial charge >= 0.3 is 0 Å². The van der Waals surface area contributed by atoms with E-state index in [4.69, 9.17) is 5.26 Å². The van der Waals surface area contributed by atoms with Gasteiger partial charge in [-0.1, -0.05) is 25.1 Å². The van der Waals surface area contributed by atoms with Gasteiger partial charge in [-0.25, -0.2) is 0 Å². The van der Waals surface area contributed by atoms with Crippen LogP contribution < -0.4 is 0 Å². The maximum Gasteiger partial charge on any atom is 0.162 e. The molecule has 14 heavy (non-hydrogen) atoms. The van der Waals surface area contributed by atoms with Gasteiger partial charge in [-0.15, -0.1) is 0 Å². The average molecular weight is 187 g/mol. The smallest absolute Gasteiger partial charge is 0.162 e. The van der Waals surface area contributed by atoms with Crippen molar-refractivity contribution in [3.8, 4) is 6.07 Å². The number of hydrogen-bond donors (Lipinski definition) is 0. The molecule has 0 N–H and O–H groups in total. The number of carbonyl (C=O) groups is 1. The van der Waals surface area contributed by atoms with Crippen LogP contribution in [0.15, 0.2) is 18.2 Å². The van der Waals surface area contributed by atoms with Crippen molar-refractivity contribution in [1.29, 1.82) is 5.26 Å². The number of rotatable bonds is 3. The van der Waals surface area contributed by atoms with Gasteiger partial charge in [0.2, 0.25) is 0 Å². The molecule has 0 aliphatic heterocycles. The van der Waals surface area contributed by atoms with E-state index in [0.29, 0.717) is 12.8 Å². The summed E-state index contributed by atoms with van der Waals surface area (Å²) < 4.78 is 0. The minimum absolute atomic E-state index is 0.141. The van der Waals surface area contributed by atoms with Gasteiger partial charge in [0.05, 0.1) is 12.5 Å². The van der Waals surface area contributed by atoms with Gasteiger partial charge in [-0.3, -0.25) is 4.79 Å². The Morgan fingerprint density at radius 3 is 2.79 bits per heavy atom. The largest absolute Gasteiger partial charge is 0.294 e. The summed E-state index contributed by atoms with van der Waals surface area (Å²) in [5.74, 6) is 0.141. The van der Waals surface area contributed by atoms with Gasteiger partial charge in [-0.05, 0) is 18.1 Å². The summed E-state index contributed by atoms with van der Waals surface area (Å²) in [5, 5.41) is 8.60. The first-order chi connectivity index (χ1) is 6.70. The average Bonchev–Trinajstić information content (AvgIpc) is 2.20. The molecule has 2 heteroatoms. The molecular formula is C12H13NO. The predicted octanol–water partition coefficient (Wildman–Crippen LogP) is 2.65. The Labute approximate surface area is 84.2 Å². The monoisotopic (exact) mass is 187 g/mol. The Balaban J connectivity index is 3.15. The zero-order valence-electron chi connectivity index (χ0n) is 8.50. The zero-order valence-corrected chi connectivity index (χ0v) is 8.50. The van der Waals surface area contributed by atoms with E-state index < -0.39 is 0 Å². The number of Topliss-reactive ketones (excluding diaryl/α,β-unsaturated/α-hetero) is 1. The molecule has 1 aromatic carbocycles. The minimum Gasteiger partial charge on any atom is -0.294 e. The molecule has 1 aromatic rings. The fourth-order valence-electron chi connectivity index (χ4n) is 1.45. The van der Waals surface area contributed by atoms with E-state index in [-0.39, 0.29) is 5.78 Å². The third-order valence-electron chi connectivity index (χ3n) is 2.34. The van der Waals surface area contributed by atoms with E-state index in [9.17, 15) is 4.79 Å². The molecule has 0 amide bonds. The molecule has 0 atom stereocenters. The fourth-order valence-corrected chi connectivity index (χ4v) is 1.45. The summed E-state index contributed by atoms with van der Waals surface area (Å²) in [5.41, 5.74) is 2.65. The summed E-state index contributed by atoms with van der Waals surface area (Å²) in [6.07, 6.45) is 0.882. The molecule has 0 fully saturated rings. The first kappa shape index (κ1) is 10.5. The standard InChI is InChI=1S/C12H13NO/c1-3-12(14)11-6-4-5-10(7-8-13)9(11)2/h4-6H,3,7H2,1-2H3. The molecular weight excluding hydrogens is 174 g/mol. The van der Waals surface area contributed by atoms with Crippen LogP contribution in [0.1, 0.15) is 34.8 Å². The van der Waals surface area contributed by atoms with Crippen LogP contribution in [-0.4, -0.2) is 5.78 Å². The lowest BCUT2D eigenvalue weighted by molar-refractivity contribution is 0.0987. The van der Waals surface area contributed by atoms with E-state index in [2.05, 4.69) is 6.07 Å². The van der Waals surface area contributed by atoms with Crippen molar-refractivity contribution < 1.29 is 4.79 Å². The van der Waals surface area contributed by atoms with Crippen LogP contribution in [0, 0.1) is 18.3 Å². The molecule has 72 valence electrons. The van der Waals surface area contributed by atoms with Gasteiger partial charge in [0.1, 0.15) is 0 Å². The van der Waals surface area contributed by atoms with Crippen molar-refractivity contribution in [2.45, 2.75) is 26.7 Å². The first-order valence-corrected chi connectivity index (χ1v) is 4.69. The van der Waals surface area contributed by atoms with Crippen molar-refractivity contribution in [1.82, 2.24) is 0 Å². The SMILES string of the molecule is CCC(=O)c1cccc(CC#N)c1C. The number of carbonyl (C=O) groups excluding carboxylic acids is 1. The molecule has 0 heterocycles. The minimum atomic E-state index is 0.141. The third-order valence-corrected chi connectivity index (χ3v) is 2.34. The van der Waals surface area contributed by atoms with Crippen LogP contribution in [0.25, 0.3) is 0 Å². The normalized spacial score (nSPS) is 9.50. The van der Waals surface area contributed by atoms with Crippen molar-refractivity contribution >= 4 is 5.78 Å². The van der Waals surface area contributed by atoms with Crippen molar-refractivity contribution in [2.75, 3.05) is 0 Å². The topological polar surface area (TPSA) is 40.9 Å². The van der Waals surface area contributed by atoms with Crippen LogP contribution >= 0.6 is 0 Å². The van der Waals surface area contributed by atoms with Gasteiger partial charge < -0.3 is 0 Å². The molecule has 0 aliphatic carbocycles. The Bertz CT molecular complexity index is 388. The number of hydrogen-bond acceptors (Lipinski definition) is 2. The molecule has 0 saturated heterocycles. The highest BCUT2D eigenvalue weighted by atomic mass is 16.1. The van der Waals surface area contributed by atoms with E-state index in [1.807, 2.05) is 32.0 Å². The second-order valence-electron chi connectivity index (χ2n) is 3.20. The first-order valence-electron chi connectivity index (χ1n) is 4.69. The van der Waals surface area contributed by atoms with Crippen molar-refractivity contribution in [2.24, 2.45) is 0 Å². The second-order valence-corrected chi connectivity index (χ2v) is 3.20. The van der Waals surface area contributed by atoms with E-state index in [0.717, 1.165) is 16.7 Å². The zero-order chi connectivity index (χ0) is 10.6. The van der Waals surface area contributed by atoms with E-state index in [1.54, 1.807) is 0 Å². The lowest BCUT2D eigenvalue weighted by Crippen LogP contribution is -2.02. The highest BCUT2D eigenvalue weighted by Gasteiger charge is 2.08. The molecule has 2 nitrogen and oxygen atoms in total. The maximum absolute atomic E-state index is 11.5. The van der Waals surface area contributed by atoms with Gasteiger partial charge in [0, 0.05) is 12.0 Å². The summed E-state index contributed by atoms with van der Waals surface area (Å²) in [7, 11) is 0. The lowest BCUT2D eigenvalue weighted by atomic mass is 9.97. The van der Waals surface area contributed by atoms with Crippen LogP contribution in [0.3, 0.4) is 0 Å². The summed E-state index contributed by atoms with van der Waals surface area (Å²) >= 11 is 0. The number of nitrogens with zero attached hydrogens (tertiary/aromatic N) is 1. The predicted molar refractivity (Wildman–Crippen MR) is 55.1 cm³/mol. The van der Waals surface area contributed by atoms with Gasteiger partial charge in [0.15, 0.2) is 5.78 Å². The Morgan fingerprint density at radius 2 is 2.21 bits per heavy atom. The van der Waals surface area contributed by atoms with Crippen LogP contribution in [-0.2, 0) is 6.42 Å². The quantitative estimate of drug-likeness (QED) is 0.682. The summed E-state index contributed by atoms with van der Waals surface area (Å²) in [6, 6.07) is 7.65. The Kier molecular flexibility index (Phi) is 3.41. The van der Waals surface area contributed by atoms with Crippen molar-refractivity contribution in [3.05, 3.63) is 34.9 Å². The molecule has 0 spiro atoms. The van der Waals surface area contributed by atoms with E-state index in [1.165, 1.54) is 0 Å². The Hall–Kier alpha value is -1.62. The van der Waals surface area contributed by atoms with Gasteiger partial charge in [0.25, 0.3) is 0 Å². The van der Waals surface area contributed by atoms with Crippen molar-refractivity contribution in [3.63, 3.8) is 0 Å². The summed E-state index contributed by atoms with van der Waals surface area (Å²) in [4.78, 5) is 11.5. The fraction of sp³-hybridized carbons (Fsp3) is 0.333. The van der Waals surface area contributed by atoms with Crippen LogP contribution in [0.2, 0.25) is 0 Å². The van der Waals surface area contributed by atoms with Crippen LogP contribution in [0.4, 0.5) is 0 Å². The summed E-state index contributed by atoms with van der Waals surface area (Å²) in [6.45, 7) is 3.74. The lowest BCUT2D eigenvalue weighted by Gasteiger charge is -2.06. The molecule has 0 radical (unpaired) electrons. The third kappa shape index (κ3) is 2.00. The highest BCUT2D eigenvalue weighted by Crippen LogP contribution is 2.15.